The lowest BCUT2D eigenvalue weighted by molar-refractivity contribution is 0.521. The summed E-state index contributed by atoms with van der Waals surface area (Å²) in [5.74, 6) is 1.52. The number of nitrogen functional groups attached to an aromatic ring is 1. The summed E-state index contributed by atoms with van der Waals surface area (Å²) in [7, 11) is -0.496. The Morgan fingerprint density at radius 2 is 1.71 bits per heavy atom. The molecule has 0 radical (unpaired) electrons. The fourth-order valence-electron chi connectivity index (χ4n) is 2.38. The third kappa shape index (κ3) is 3.17. The van der Waals surface area contributed by atoms with E-state index in [1.165, 1.54) is 55.6 Å². The van der Waals surface area contributed by atoms with Gasteiger partial charge in [-0.1, -0.05) is 0 Å². The Morgan fingerprint density at radius 1 is 1.19 bits per heavy atom. The fraction of sp³-hybridized carbons (Fsp3) is 0.769. The van der Waals surface area contributed by atoms with E-state index < -0.39 is 10.0 Å². The van der Waals surface area contributed by atoms with Crippen LogP contribution in [0.4, 0.5) is 10.8 Å². The van der Waals surface area contributed by atoms with Crippen LogP contribution in [0.2, 0.25) is 0 Å². The van der Waals surface area contributed by atoms with Gasteiger partial charge in [0.05, 0.1) is 0 Å². The second kappa shape index (κ2) is 5.40. The lowest BCUT2D eigenvalue weighted by atomic mass is 10.3. The molecule has 2 saturated carbocycles. The monoisotopic (exact) mass is 330 g/mol. The van der Waals surface area contributed by atoms with Crippen molar-refractivity contribution < 1.29 is 8.42 Å². The number of nitrogens with zero attached hydrogens (tertiary/aromatic N) is 3. The third-order valence-corrected chi connectivity index (χ3v) is 6.97. The zero-order chi connectivity index (χ0) is 15.2. The summed E-state index contributed by atoms with van der Waals surface area (Å²) < 4.78 is 30.4. The summed E-state index contributed by atoms with van der Waals surface area (Å²) >= 11 is 1.21. The van der Waals surface area contributed by atoms with Crippen LogP contribution in [0.5, 0.6) is 0 Å². The van der Waals surface area contributed by atoms with Gasteiger partial charge in [0.2, 0.25) is 10.0 Å². The molecule has 0 atom stereocenters. The third-order valence-electron chi connectivity index (χ3n) is 4.03. The second-order valence-electron chi connectivity index (χ2n) is 6.28. The Bertz CT molecular complexity index is 604. The van der Waals surface area contributed by atoms with E-state index in [1.54, 1.807) is 0 Å². The average Bonchev–Trinajstić information content (AvgIpc) is 3.31. The largest absolute Gasteiger partial charge is 0.382 e. The van der Waals surface area contributed by atoms with E-state index >= 15 is 0 Å². The standard InChI is InChI=1S/C13H22N4O2S2/c1-16(2)21(18,19)11-12(14)15-20-13(11)17(7-9-3-4-9)8-10-5-6-10/h9-10H,3-8H2,1-2H3,(H2,14,15). The van der Waals surface area contributed by atoms with E-state index in [-0.39, 0.29) is 10.7 Å². The van der Waals surface area contributed by atoms with Gasteiger partial charge in [0.15, 0.2) is 10.7 Å². The molecule has 2 aliphatic carbocycles. The van der Waals surface area contributed by atoms with Crippen molar-refractivity contribution in [3.05, 3.63) is 0 Å². The number of hydrogen-bond donors (Lipinski definition) is 1. The van der Waals surface area contributed by atoms with Crippen LogP contribution in [-0.4, -0.2) is 44.3 Å². The molecule has 2 aliphatic rings. The van der Waals surface area contributed by atoms with Crippen molar-refractivity contribution >= 4 is 32.4 Å². The van der Waals surface area contributed by atoms with Gasteiger partial charge < -0.3 is 10.6 Å². The van der Waals surface area contributed by atoms with Gasteiger partial charge in [-0.15, -0.1) is 0 Å². The molecule has 2 N–H and O–H groups in total. The number of nitrogens with two attached hydrogens (primary N) is 1. The van der Waals surface area contributed by atoms with Gasteiger partial charge in [-0.05, 0) is 49.1 Å². The highest BCUT2D eigenvalue weighted by molar-refractivity contribution is 7.89. The molecule has 0 spiro atoms. The van der Waals surface area contributed by atoms with Gasteiger partial charge >= 0.3 is 0 Å². The van der Waals surface area contributed by atoms with E-state index in [2.05, 4.69) is 9.27 Å². The molecule has 1 aromatic rings. The predicted octanol–water partition coefficient (Wildman–Crippen LogP) is 1.60. The molecule has 21 heavy (non-hydrogen) atoms. The molecule has 0 aromatic carbocycles. The molecule has 0 aliphatic heterocycles. The molecule has 0 unspecified atom stereocenters. The van der Waals surface area contributed by atoms with Crippen LogP contribution in [-0.2, 0) is 10.0 Å². The Balaban J connectivity index is 1.95. The van der Waals surface area contributed by atoms with Crippen LogP contribution >= 0.6 is 11.5 Å². The lowest BCUT2D eigenvalue weighted by Crippen LogP contribution is -2.30. The summed E-state index contributed by atoms with van der Waals surface area (Å²) in [5, 5.41) is 0.722. The molecule has 118 valence electrons. The first-order valence-corrected chi connectivity index (χ1v) is 9.53. The van der Waals surface area contributed by atoms with Gasteiger partial charge in [-0.3, -0.25) is 0 Å². The van der Waals surface area contributed by atoms with Crippen LogP contribution in [0.1, 0.15) is 25.7 Å². The maximum absolute atomic E-state index is 12.5. The highest BCUT2D eigenvalue weighted by Crippen LogP contribution is 2.41. The molecule has 8 heteroatoms. The topological polar surface area (TPSA) is 79.5 Å². The van der Waals surface area contributed by atoms with E-state index in [1.807, 2.05) is 0 Å². The van der Waals surface area contributed by atoms with Crippen LogP contribution in [0.3, 0.4) is 0 Å². The van der Waals surface area contributed by atoms with Gasteiger partial charge in [-0.2, -0.15) is 4.37 Å². The van der Waals surface area contributed by atoms with Gasteiger partial charge in [0.25, 0.3) is 0 Å². The van der Waals surface area contributed by atoms with Crippen molar-refractivity contribution in [3.63, 3.8) is 0 Å². The van der Waals surface area contributed by atoms with Crippen LogP contribution < -0.4 is 10.6 Å². The Morgan fingerprint density at radius 3 is 2.14 bits per heavy atom. The van der Waals surface area contributed by atoms with Gasteiger partial charge in [0.1, 0.15) is 5.00 Å². The molecule has 0 amide bonds. The minimum Gasteiger partial charge on any atom is -0.382 e. The van der Waals surface area contributed by atoms with Crippen molar-refractivity contribution in [3.8, 4) is 0 Å². The Kier molecular flexibility index (Phi) is 3.87. The van der Waals surface area contributed by atoms with Gasteiger partial charge in [-0.25, -0.2) is 12.7 Å². The Labute approximate surface area is 130 Å². The van der Waals surface area contributed by atoms with E-state index in [0.29, 0.717) is 11.8 Å². The van der Waals surface area contributed by atoms with Crippen molar-refractivity contribution in [1.29, 1.82) is 0 Å². The molecular weight excluding hydrogens is 308 g/mol. The maximum atomic E-state index is 12.5. The van der Waals surface area contributed by atoms with Gasteiger partial charge in [0, 0.05) is 27.2 Å². The molecular formula is C13H22N4O2S2. The number of rotatable bonds is 7. The van der Waals surface area contributed by atoms with Crippen molar-refractivity contribution in [2.24, 2.45) is 11.8 Å². The Hall–Kier alpha value is -0.860. The molecule has 0 saturated heterocycles. The first kappa shape index (κ1) is 15.1. The molecule has 2 fully saturated rings. The van der Waals surface area contributed by atoms with Crippen molar-refractivity contribution in [1.82, 2.24) is 8.68 Å². The SMILES string of the molecule is CN(C)S(=O)(=O)c1c(N)nsc1N(CC1CC1)CC1CC1. The number of sulfonamides is 1. The zero-order valence-corrected chi connectivity index (χ0v) is 14.1. The normalized spacial score (nSPS) is 19.2. The van der Waals surface area contributed by atoms with Crippen molar-refractivity contribution in [2.45, 2.75) is 30.6 Å². The van der Waals surface area contributed by atoms with E-state index in [0.717, 1.165) is 18.1 Å². The lowest BCUT2D eigenvalue weighted by Gasteiger charge is -2.24. The molecule has 3 rings (SSSR count). The van der Waals surface area contributed by atoms with Crippen LogP contribution in [0.15, 0.2) is 4.90 Å². The number of hydrogen-bond acceptors (Lipinski definition) is 6. The first-order valence-electron chi connectivity index (χ1n) is 7.32. The average molecular weight is 330 g/mol. The highest BCUT2D eigenvalue weighted by atomic mass is 32.2. The number of aromatic nitrogens is 1. The van der Waals surface area contributed by atoms with E-state index in [9.17, 15) is 8.42 Å². The summed E-state index contributed by atoms with van der Waals surface area (Å²) in [5.41, 5.74) is 5.86. The molecule has 6 nitrogen and oxygen atoms in total. The smallest absolute Gasteiger partial charge is 0.249 e. The van der Waals surface area contributed by atoms with E-state index in [4.69, 9.17) is 5.73 Å². The predicted molar refractivity (Wildman–Crippen MR) is 85.1 cm³/mol. The second-order valence-corrected chi connectivity index (χ2v) is 9.12. The first-order chi connectivity index (χ1) is 9.89. The fourth-order valence-corrected chi connectivity index (χ4v) is 4.61. The maximum Gasteiger partial charge on any atom is 0.249 e. The summed E-state index contributed by atoms with van der Waals surface area (Å²) in [4.78, 5) is 2.40. The summed E-state index contributed by atoms with van der Waals surface area (Å²) in [6.45, 7) is 1.85. The van der Waals surface area contributed by atoms with Crippen LogP contribution in [0, 0.1) is 11.8 Å². The summed E-state index contributed by atoms with van der Waals surface area (Å²) in [6, 6.07) is 0. The number of anilines is 2. The molecule has 1 heterocycles. The zero-order valence-electron chi connectivity index (χ0n) is 12.4. The van der Waals surface area contributed by atoms with Crippen molar-refractivity contribution in [2.75, 3.05) is 37.8 Å². The minimum absolute atomic E-state index is 0.125. The minimum atomic E-state index is -3.56. The molecule has 1 aromatic heterocycles. The highest BCUT2D eigenvalue weighted by Gasteiger charge is 2.35. The molecule has 0 bridgehead atoms. The quantitative estimate of drug-likeness (QED) is 0.821. The summed E-state index contributed by atoms with van der Waals surface area (Å²) in [6.07, 6.45) is 4.97. The van der Waals surface area contributed by atoms with Crippen LogP contribution in [0.25, 0.3) is 0 Å².